The molecule has 0 atom stereocenters. The van der Waals surface area contributed by atoms with Gasteiger partial charge in [-0.25, -0.2) is 9.47 Å². The number of carbonyl (C=O) groups excluding carboxylic acids is 2. The molecular weight excluding hydrogens is 582 g/mol. The Labute approximate surface area is 279 Å². The van der Waals surface area contributed by atoms with Crippen LogP contribution in [0.2, 0.25) is 0 Å². The molecule has 5 aromatic rings. The standard InChI is InChI=1S/C41H48N3O3/c1-7-47-40(45)12-8-11-39-42-28-38-37(10-9-25-43(38)39)41(46)33-17-23-36(24-18-33)44(6,34-19-13-31(14-20-34)26-29(2)3)35-21-15-32(16-22-35)27-30(4)5/h9-10,13-25,28-30H,7-8,11-12,26-27H2,1-6H3/q+1. The van der Waals surface area contributed by atoms with Crippen molar-refractivity contribution >= 4 is 34.3 Å². The second kappa shape index (κ2) is 14.9. The smallest absolute Gasteiger partial charge is 0.305 e. The van der Waals surface area contributed by atoms with E-state index in [9.17, 15) is 9.59 Å². The van der Waals surface area contributed by atoms with Crippen LogP contribution in [0.25, 0.3) is 5.52 Å². The van der Waals surface area contributed by atoms with Gasteiger partial charge in [0.25, 0.3) is 0 Å². The first-order chi connectivity index (χ1) is 22.6. The van der Waals surface area contributed by atoms with Gasteiger partial charge in [-0.1, -0.05) is 52.0 Å². The maximum Gasteiger partial charge on any atom is 0.305 e. The number of pyridine rings is 1. The lowest BCUT2D eigenvalue weighted by atomic mass is 9.99. The number of rotatable bonds is 14. The minimum atomic E-state index is -0.200. The van der Waals surface area contributed by atoms with Gasteiger partial charge in [0.15, 0.2) is 5.78 Å². The molecule has 0 saturated heterocycles. The highest BCUT2D eigenvalue weighted by Gasteiger charge is 2.32. The van der Waals surface area contributed by atoms with Gasteiger partial charge >= 0.3 is 5.97 Å². The van der Waals surface area contributed by atoms with E-state index in [1.54, 1.807) is 6.20 Å². The van der Waals surface area contributed by atoms with Crippen molar-refractivity contribution in [2.45, 2.75) is 66.7 Å². The van der Waals surface area contributed by atoms with E-state index in [0.29, 0.717) is 53.3 Å². The van der Waals surface area contributed by atoms with Crippen molar-refractivity contribution in [1.29, 1.82) is 0 Å². The minimum Gasteiger partial charge on any atom is -0.466 e. The third kappa shape index (κ3) is 7.71. The van der Waals surface area contributed by atoms with Gasteiger partial charge in [-0.3, -0.25) is 9.59 Å². The number of carbonyl (C=O) groups is 2. The highest BCUT2D eigenvalue weighted by atomic mass is 16.5. The van der Waals surface area contributed by atoms with Gasteiger partial charge < -0.3 is 9.14 Å². The van der Waals surface area contributed by atoms with Crippen LogP contribution in [0.15, 0.2) is 97.3 Å². The minimum absolute atomic E-state index is 0.0506. The SMILES string of the molecule is CCOC(=O)CCCc1ncc2c(C(=O)c3ccc([N+](C)(c4ccc(CC(C)C)cc4)c4ccc(CC(C)C)cc4)cc3)cccn12. The Morgan fingerprint density at radius 3 is 1.83 bits per heavy atom. The summed E-state index contributed by atoms with van der Waals surface area (Å²) in [4.78, 5) is 30.3. The van der Waals surface area contributed by atoms with E-state index in [1.807, 2.05) is 41.8 Å². The first-order valence-corrected chi connectivity index (χ1v) is 16.9. The summed E-state index contributed by atoms with van der Waals surface area (Å²) < 4.78 is 7.48. The summed E-state index contributed by atoms with van der Waals surface area (Å²) in [6.45, 7) is 11.2. The van der Waals surface area contributed by atoms with Crippen LogP contribution in [0, 0.1) is 11.8 Å². The van der Waals surface area contributed by atoms with Gasteiger partial charge in [0.05, 0.1) is 25.4 Å². The van der Waals surface area contributed by atoms with Gasteiger partial charge in [-0.05, 0) is 73.4 Å². The van der Waals surface area contributed by atoms with Gasteiger partial charge in [0, 0.05) is 66.6 Å². The average Bonchev–Trinajstić information content (AvgIpc) is 3.47. The molecule has 0 aliphatic heterocycles. The molecule has 0 aliphatic carbocycles. The average molecular weight is 631 g/mol. The van der Waals surface area contributed by atoms with Crippen molar-refractivity contribution in [3.8, 4) is 0 Å². The molecule has 0 radical (unpaired) electrons. The topological polar surface area (TPSA) is 60.7 Å². The second-order valence-electron chi connectivity index (χ2n) is 13.4. The van der Waals surface area contributed by atoms with E-state index in [4.69, 9.17) is 4.74 Å². The lowest BCUT2D eigenvalue weighted by Gasteiger charge is -2.33. The van der Waals surface area contributed by atoms with E-state index in [1.165, 1.54) is 11.1 Å². The molecule has 244 valence electrons. The van der Waals surface area contributed by atoms with Crippen molar-refractivity contribution in [2.75, 3.05) is 13.7 Å². The monoisotopic (exact) mass is 630 g/mol. The quantitative estimate of drug-likeness (QED) is 0.0697. The number of ether oxygens (including phenoxy) is 1. The van der Waals surface area contributed by atoms with Crippen LogP contribution in [0.1, 0.15) is 80.3 Å². The van der Waals surface area contributed by atoms with E-state index in [2.05, 4.69) is 100 Å². The highest BCUT2D eigenvalue weighted by Crippen LogP contribution is 2.42. The fourth-order valence-electron chi connectivity index (χ4n) is 6.39. The van der Waals surface area contributed by atoms with Crippen molar-refractivity contribution in [3.05, 3.63) is 125 Å². The number of ketones is 1. The van der Waals surface area contributed by atoms with Gasteiger partial charge in [0.1, 0.15) is 22.9 Å². The van der Waals surface area contributed by atoms with Crippen LogP contribution in [0.4, 0.5) is 17.1 Å². The van der Waals surface area contributed by atoms with Crippen molar-refractivity contribution in [1.82, 2.24) is 13.9 Å². The Balaban J connectivity index is 1.44. The van der Waals surface area contributed by atoms with Crippen LogP contribution in [-0.4, -0.2) is 34.8 Å². The summed E-state index contributed by atoms with van der Waals surface area (Å²) in [5, 5.41) is 0. The molecule has 0 bridgehead atoms. The second-order valence-corrected chi connectivity index (χ2v) is 13.4. The van der Waals surface area contributed by atoms with Crippen LogP contribution < -0.4 is 4.48 Å². The predicted molar refractivity (Wildman–Crippen MR) is 192 cm³/mol. The number of hydrogen-bond acceptors (Lipinski definition) is 4. The summed E-state index contributed by atoms with van der Waals surface area (Å²) >= 11 is 0. The van der Waals surface area contributed by atoms with Crippen LogP contribution in [-0.2, 0) is 28.8 Å². The first-order valence-electron chi connectivity index (χ1n) is 16.9. The van der Waals surface area contributed by atoms with E-state index >= 15 is 0 Å². The number of fused-ring (bicyclic) bond motifs is 1. The lowest BCUT2D eigenvalue weighted by molar-refractivity contribution is -0.143. The number of aromatic nitrogens is 2. The fourth-order valence-corrected chi connectivity index (χ4v) is 6.39. The lowest BCUT2D eigenvalue weighted by Crippen LogP contribution is -2.33. The summed E-state index contributed by atoms with van der Waals surface area (Å²) in [7, 11) is 2.22. The number of imidazole rings is 1. The summed E-state index contributed by atoms with van der Waals surface area (Å²) in [6, 6.07) is 29.7. The molecular formula is C41H48N3O3+. The Morgan fingerprint density at radius 2 is 1.32 bits per heavy atom. The molecule has 0 amide bonds. The molecule has 5 rings (SSSR count). The molecule has 0 unspecified atom stereocenters. The van der Waals surface area contributed by atoms with E-state index in [0.717, 1.165) is 41.2 Å². The molecule has 0 N–H and O–H groups in total. The third-order valence-corrected chi connectivity index (χ3v) is 8.82. The fraction of sp³-hybridized carbons (Fsp3) is 0.341. The molecule has 0 saturated carbocycles. The summed E-state index contributed by atoms with van der Waals surface area (Å²) in [6.07, 6.45) is 7.36. The molecule has 6 heteroatoms. The number of aryl methyl sites for hydroxylation is 1. The van der Waals surface area contributed by atoms with Gasteiger partial charge in [-0.15, -0.1) is 0 Å². The Kier molecular flexibility index (Phi) is 10.7. The Hall–Kier alpha value is -4.55. The molecule has 3 aromatic carbocycles. The summed E-state index contributed by atoms with van der Waals surface area (Å²) in [5.41, 5.74) is 8.04. The van der Waals surface area contributed by atoms with Crippen molar-refractivity contribution in [2.24, 2.45) is 11.8 Å². The maximum absolute atomic E-state index is 13.9. The molecule has 0 spiro atoms. The zero-order chi connectivity index (χ0) is 33.6. The zero-order valence-corrected chi connectivity index (χ0v) is 28.7. The molecule has 2 aromatic heterocycles. The predicted octanol–water partition coefficient (Wildman–Crippen LogP) is 9.45. The van der Waals surface area contributed by atoms with Gasteiger partial charge in [-0.2, -0.15) is 0 Å². The van der Waals surface area contributed by atoms with Crippen molar-refractivity contribution in [3.63, 3.8) is 0 Å². The number of benzene rings is 3. The molecule has 47 heavy (non-hydrogen) atoms. The third-order valence-electron chi connectivity index (χ3n) is 8.82. The van der Waals surface area contributed by atoms with Crippen LogP contribution in [0.5, 0.6) is 0 Å². The Morgan fingerprint density at radius 1 is 0.787 bits per heavy atom. The van der Waals surface area contributed by atoms with E-state index in [-0.39, 0.29) is 11.8 Å². The summed E-state index contributed by atoms with van der Waals surface area (Å²) in [5.74, 6) is 1.76. The maximum atomic E-state index is 13.9. The molecule has 6 nitrogen and oxygen atoms in total. The van der Waals surface area contributed by atoms with Crippen molar-refractivity contribution < 1.29 is 14.3 Å². The normalized spacial score (nSPS) is 11.8. The Bertz CT molecular complexity index is 1750. The zero-order valence-electron chi connectivity index (χ0n) is 28.7. The largest absolute Gasteiger partial charge is 0.466 e. The number of quaternary nitrogens is 1. The first kappa shape index (κ1) is 33.8. The highest BCUT2D eigenvalue weighted by molar-refractivity contribution is 6.13. The number of hydrogen-bond donors (Lipinski definition) is 0. The number of esters is 1. The van der Waals surface area contributed by atoms with E-state index < -0.39 is 0 Å². The van der Waals surface area contributed by atoms with Gasteiger partial charge in [0.2, 0.25) is 0 Å². The molecule has 0 aliphatic rings. The molecule has 2 heterocycles. The number of nitrogens with zero attached hydrogens (tertiary/aromatic N) is 3. The van der Waals surface area contributed by atoms with Crippen LogP contribution in [0.3, 0.4) is 0 Å². The molecule has 0 fully saturated rings. The van der Waals surface area contributed by atoms with Crippen LogP contribution >= 0.6 is 0 Å².